The van der Waals surface area contributed by atoms with Crippen LogP contribution in [0.5, 0.6) is 0 Å². The summed E-state index contributed by atoms with van der Waals surface area (Å²) in [4.78, 5) is 12.8. The molecule has 4 aromatic rings. The molecule has 0 saturated heterocycles. The van der Waals surface area contributed by atoms with Crippen molar-refractivity contribution in [3.63, 3.8) is 0 Å². The van der Waals surface area contributed by atoms with Crippen LogP contribution in [-0.4, -0.2) is 22.7 Å². The van der Waals surface area contributed by atoms with Crippen molar-refractivity contribution in [2.75, 3.05) is 14.8 Å². The maximum Gasteiger partial charge on any atom is 0.262 e. The second kappa shape index (κ2) is 10.6. The monoisotopic (exact) mass is 553 g/mol. The van der Waals surface area contributed by atoms with Crippen molar-refractivity contribution in [2.45, 2.75) is 23.6 Å². The first-order valence-corrected chi connectivity index (χ1v) is 14.3. The number of carbonyl (C=O) groups is 1. The van der Waals surface area contributed by atoms with Crippen LogP contribution < -0.4 is 14.8 Å². The average molecular weight is 554 g/mol. The Morgan fingerprint density at radius 3 is 1.97 bits per heavy atom. The largest absolute Gasteiger partial charge is 0.322 e. The number of benzene rings is 4. The third-order valence-corrected chi connectivity index (χ3v) is 8.45. The Balaban J connectivity index is 1.49. The summed E-state index contributed by atoms with van der Waals surface area (Å²) in [5, 5.41) is 2.64. The lowest BCUT2D eigenvalue weighted by Gasteiger charge is -2.13. The Morgan fingerprint density at radius 1 is 0.684 bits per heavy atom. The molecule has 0 aliphatic heterocycles. The number of carbonyl (C=O) groups excluding carboxylic acids is 1. The molecule has 0 radical (unpaired) electrons. The van der Waals surface area contributed by atoms with Crippen molar-refractivity contribution in [3.05, 3.63) is 114 Å². The molecule has 1 amide bonds. The third kappa shape index (κ3) is 6.36. The number of hydrogen-bond acceptors (Lipinski definition) is 5. The predicted molar refractivity (Wildman–Crippen MR) is 145 cm³/mol. The lowest BCUT2D eigenvalue weighted by atomic mass is 10.1. The summed E-state index contributed by atoms with van der Waals surface area (Å²) >= 11 is 0. The van der Waals surface area contributed by atoms with Gasteiger partial charge in [-0.1, -0.05) is 18.2 Å². The van der Waals surface area contributed by atoms with E-state index < -0.39 is 31.8 Å². The summed E-state index contributed by atoms with van der Waals surface area (Å²) in [5.74, 6) is -1.06. The van der Waals surface area contributed by atoms with E-state index in [2.05, 4.69) is 14.8 Å². The van der Waals surface area contributed by atoms with E-state index >= 15 is 0 Å². The smallest absolute Gasteiger partial charge is 0.262 e. The molecule has 0 aliphatic carbocycles. The Hall–Kier alpha value is -4.22. The molecule has 4 aromatic carbocycles. The van der Waals surface area contributed by atoms with Crippen molar-refractivity contribution in [2.24, 2.45) is 0 Å². The molecule has 0 spiro atoms. The van der Waals surface area contributed by atoms with Crippen LogP contribution in [0, 0.1) is 19.7 Å². The average Bonchev–Trinajstić information content (AvgIpc) is 2.85. The fourth-order valence-corrected chi connectivity index (χ4v) is 5.98. The summed E-state index contributed by atoms with van der Waals surface area (Å²) in [6, 6.07) is 21.5. The minimum absolute atomic E-state index is 0.0417. The molecule has 3 N–H and O–H groups in total. The highest BCUT2D eigenvalue weighted by atomic mass is 32.2. The third-order valence-electron chi connectivity index (χ3n) is 5.53. The number of nitrogens with one attached hydrogen (secondary N) is 3. The summed E-state index contributed by atoms with van der Waals surface area (Å²) in [7, 11) is -7.90. The van der Waals surface area contributed by atoms with Gasteiger partial charge in [-0.25, -0.2) is 21.2 Å². The summed E-state index contributed by atoms with van der Waals surface area (Å²) in [6.07, 6.45) is 0. The molecular formula is C27H24FN3O5S2. The van der Waals surface area contributed by atoms with Gasteiger partial charge in [0.05, 0.1) is 9.79 Å². The van der Waals surface area contributed by atoms with Gasteiger partial charge in [-0.3, -0.25) is 14.2 Å². The van der Waals surface area contributed by atoms with Gasteiger partial charge in [0.1, 0.15) is 5.82 Å². The molecule has 196 valence electrons. The van der Waals surface area contributed by atoms with Crippen LogP contribution in [0.15, 0.2) is 101 Å². The molecule has 4 rings (SSSR count). The summed E-state index contributed by atoms with van der Waals surface area (Å²) < 4.78 is 69.2. The van der Waals surface area contributed by atoms with Gasteiger partial charge >= 0.3 is 0 Å². The van der Waals surface area contributed by atoms with Crippen LogP contribution in [0.4, 0.5) is 21.5 Å². The van der Waals surface area contributed by atoms with Crippen LogP contribution >= 0.6 is 0 Å². The highest BCUT2D eigenvalue weighted by Crippen LogP contribution is 2.23. The van der Waals surface area contributed by atoms with Crippen molar-refractivity contribution in [1.29, 1.82) is 0 Å². The number of hydrogen-bond donors (Lipinski definition) is 3. The molecule has 0 aliphatic rings. The van der Waals surface area contributed by atoms with E-state index in [-0.39, 0.29) is 21.0 Å². The standard InChI is InChI=1S/C27H24FN3O5S2/c1-18-4-3-5-24(16-18)31-38(35,36)26-17-20(7-6-19(26)2)27(32)29-22-12-14-25(15-13-22)37(33,34)30-23-10-8-21(28)9-11-23/h3-17,30-31H,1-2H3,(H,29,32). The lowest BCUT2D eigenvalue weighted by molar-refractivity contribution is 0.102. The zero-order chi connectivity index (χ0) is 27.5. The lowest BCUT2D eigenvalue weighted by Crippen LogP contribution is -2.17. The van der Waals surface area contributed by atoms with E-state index in [4.69, 9.17) is 0 Å². The van der Waals surface area contributed by atoms with Gasteiger partial charge in [-0.05, 0) is 97.8 Å². The zero-order valence-electron chi connectivity index (χ0n) is 20.4. The molecule has 0 fully saturated rings. The number of amides is 1. The number of rotatable bonds is 8. The maximum absolute atomic E-state index is 13.1. The number of anilines is 3. The molecule has 0 heterocycles. The quantitative estimate of drug-likeness (QED) is 0.274. The van der Waals surface area contributed by atoms with Crippen molar-refractivity contribution >= 4 is 43.0 Å². The molecule has 0 aromatic heterocycles. The van der Waals surface area contributed by atoms with Crippen LogP contribution in [0.25, 0.3) is 0 Å². The van der Waals surface area contributed by atoms with E-state index in [0.29, 0.717) is 16.9 Å². The summed E-state index contributed by atoms with van der Waals surface area (Å²) in [5.41, 5.74) is 2.37. The molecule has 0 unspecified atom stereocenters. The van der Waals surface area contributed by atoms with Gasteiger partial charge in [0.15, 0.2) is 0 Å². The topological polar surface area (TPSA) is 121 Å². The van der Waals surface area contributed by atoms with Crippen LogP contribution in [0.2, 0.25) is 0 Å². The van der Waals surface area contributed by atoms with Crippen LogP contribution in [0.1, 0.15) is 21.5 Å². The van der Waals surface area contributed by atoms with E-state index in [0.717, 1.165) is 17.7 Å². The zero-order valence-corrected chi connectivity index (χ0v) is 22.0. The van der Waals surface area contributed by atoms with Crippen LogP contribution in [-0.2, 0) is 20.0 Å². The minimum Gasteiger partial charge on any atom is -0.322 e. The maximum atomic E-state index is 13.1. The summed E-state index contributed by atoms with van der Waals surface area (Å²) in [6.45, 7) is 3.48. The first-order chi connectivity index (χ1) is 17.9. The predicted octanol–water partition coefficient (Wildman–Crippen LogP) is 5.30. The highest BCUT2D eigenvalue weighted by Gasteiger charge is 2.20. The number of sulfonamides is 2. The first-order valence-electron chi connectivity index (χ1n) is 11.3. The first kappa shape index (κ1) is 26.8. The molecule has 11 heteroatoms. The minimum atomic E-state index is -3.96. The second-order valence-corrected chi connectivity index (χ2v) is 11.9. The fraction of sp³-hybridized carbons (Fsp3) is 0.0741. The van der Waals surface area contributed by atoms with Crippen LogP contribution in [0.3, 0.4) is 0 Å². The molecule has 0 saturated carbocycles. The highest BCUT2D eigenvalue weighted by molar-refractivity contribution is 7.93. The van der Waals surface area contributed by atoms with E-state index in [1.807, 2.05) is 13.0 Å². The van der Waals surface area contributed by atoms with E-state index in [1.165, 1.54) is 54.6 Å². The van der Waals surface area contributed by atoms with Gasteiger partial charge in [0, 0.05) is 22.6 Å². The van der Waals surface area contributed by atoms with Gasteiger partial charge < -0.3 is 5.32 Å². The second-order valence-electron chi connectivity index (χ2n) is 8.55. The van der Waals surface area contributed by atoms with Gasteiger partial charge in [-0.15, -0.1) is 0 Å². The Bertz CT molecular complexity index is 1700. The molecular weight excluding hydrogens is 529 g/mol. The SMILES string of the molecule is Cc1cccc(NS(=O)(=O)c2cc(C(=O)Nc3ccc(S(=O)(=O)Nc4ccc(F)cc4)cc3)ccc2C)c1. The van der Waals surface area contributed by atoms with E-state index in [9.17, 15) is 26.0 Å². The Labute approximate surface area is 220 Å². The normalized spacial score (nSPS) is 11.6. The van der Waals surface area contributed by atoms with Gasteiger partial charge in [0.2, 0.25) is 0 Å². The molecule has 0 bridgehead atoms. The number of aryl methyl sites for hydroxylation is 2. The fourth-order valence-electron chi connectivity index (χ4n) is 3.60. The molecule has 38 heavy (non-hydrogen) atoms. The molecule has 8 nitrogen and oxygen atoms in total. The molecule has 0 atom stereocenters. The van der Waals surface area contributed by atoms with E-state index in [1.54, 1.807) is 25.1 Å². The number of halogens is 1. The Kier molecular flexibility index (Phi) is 7.51. The van der Waals surface area contributed by atoms with Gasteiger partial charge in [0.25, 0.3) is 26.0 Å². The van der Waals surface area contributed by atoms with Crippen molar-refractivity contribution in [1.82, 2.24) is 0 Å². The van der Waals surface area contributed by atoms with Gasteiger partial charge in [-0.2, -0.15) is 0 Å². The van der Waals surface area contributed by atoms with Crippen molar-refractivity contribution < 1.29 is 26.0 Å². The van der Waals surface area contributed by atoms with Crippen molar-refractivity contribution in [3.8, 4) is 0 Å². The Morgan fingerprint density at radius 2 is 1.32 bits per heavy atom.